The molecule has 0 bridgehead atoms. The molecular weight excluding hydrogens is 394 g/mol. The number of imide groups is 1. The van der Waals surface area contributed by atoms with Crippen LogP contribution in [0.5, 0.6) is 0 Å². The molecule has 1 aliphatic heterocycles. The van der Waals surface area contributed by atoms with Crippen molar-refractivity contribution in [3.8, 4) is 0 Å². The Hall–Kier alpha value is -2.67. The van der Waals surface area contributed by atoms with Crippen molar-refractivity contribution < 1.29 is 19.1 Å². The second kappa shape index (κ2) is 8.37. The van der Waals surface area contributed by atoms with Gasteiger partial charge in [-0.2, -0.15) is 0 Å². The van der Waals surface area contributed by atoms with E-state index in [1.54, 1.807) is 13.0 Å². The fourth-order valence-electron chi connectivity index (χ4n) is 3.21. The van der Waals surface area contributed by atoms with Crippen molar-refractivity contribution in [1.29, 1.82) is 0 Å². The molecule has 0 unspecified atom stereocenters. The van der Waals surface area contributed by atoms with Crippen LogP contribution in [0.25, 0.3) is 10.9 Å². The number of ether oxygens (including phenoxy) is 1. The summed E-state index contributed by atoms with van der Waals surface area (Å²) in [4.78, 5) is 42.3. The van der Waals surface area contributed by atoms with Crippen molar-refractivity contribution in [3.63, 3.8) is 0 Å². The number of urea groups is 1. The molecule has 1 aromatic heterocycles. The molecule has 2 aromatic rings. The fraction of sp³-hybridized carbons (Fsp3) is 0.429. The number of rotatable bonds is 7. The third kappa shape index (κ3) is 4.67. The number of nitrogens with one attached hydrogen (secondary N) is 1. The molecule has 0 spiro atoms. The van der Waals surface area contributed by atoms with E-state index in [0.717, 1.165) is 22.2 Å². The summed E-state index contributed by atoms with van der Waals surface area (Å²) in [6, 6.07) is 8.68. The summed E-state index contributed by atoms with van der Waals surface area (Å²) < 4.78 is 5.25. The minimum absolute atomic E-state index is 0.0935. The van der Waals surface area contributed by atoms with Gasteiger partial charge in [-0.25, -0.2) is 9.78 Å². The zero-order chi connectivity index (χ0) is 21.2. The highest BCUT2D eigenvalue weighted by molar-refractivity contribution is 6.30. The summed E-state index contributed by atoms with van der Waals surface area (Å²) in [7, 11) is 0. The standard InChI is InChI=1S/C21H24ClN3O4/c1-13(2)8-9-21(3)19(27)25(20(28)24-21)11-17(26)29-12-15-10-14-6-4-5-7-16(14)23-18(15)22/h4-7,10,13H,8-9,11-12H2,1-3H3,(H,24,28)/t21-/m1/s1. The van der Waals surface area contributed by atoms with Crippen LogP contribution >= 0.6 is 11.6 Å². The van der Waals surface area contributed by atoms with E-state index in [0.29, 0.717) is 17.9 Å². The number of amides is 3. The molecule has 0 saturated carbocycles. The number of halogens is 1. The number of carbonyl (C=O) groups is 3. The second-order valence-electron chi connectivity index (χ2n) is 7.88. The minimum Gasteiger partial charge on any atom is -0.459 e. The number of nitrogens with zero attached hydrogens (tertiary/aromatic N) is 2. The van der Waals surface area contributed by atoms with E-state index >= 15 is 0 Å². The second-order valence-corrected chi connectivity index (χ2v) is 8.24. The van der Waals surface area contributed by atoms with Crippen LogP contribution < -0.4 is 5.32 Å². The Morgan fingerprint density at radius 3 is 2.76 bits per heavy atom. The van der Waals surface area contributed by atoms with Gasteiger partial charge in [0.2, 0.25) is 0 Å². The first-order valence-electron chi connectivity index (χ1n) is 9.53. The van der Waals surface area contributed by atoms with Crippen LogP contribution in [0.15, 0.2) is 30.3 Å². The predicted octanol–water partition coefficient (Wildman–Crippen LogP) is 3.68. The van der Waals surface area contributed by atoms with Gasteiger partial charge < -0.3 is 10.1 Å². The smallest absolute Gasteiger partial charge is 0.326 e. The van der Waals surface area contributed by atoms with Crippen LogP contribution in [0.4, 0.5) is 4.79 Å². The van der Waals surface area contributed by atoms with Gasteiger partial charge in [0.1, 0.15) is 23.8 Å². The highest BCUT2D eigenvalue weighted by Gasteiger charge is 2.48. The molecule has 29 heavy (non-hydrogen) atoms. The lowest BCUT2D eigenvalue weighted by Gasteiger charge is -2.22. The maximum absolute atomic E-state index is 12.7. The van der Waals surface area contributed by atoms with Gasteiger partial charge in [0, 0.05) is 10.9 Å². The summed E-state index contributed by atoms with van der Waals surface area (Å²) in [5, 5.41) is 3.81. The maximum Gasteiger partial charge on any atom is 0.326 e. The summed E-state index contributed by atoms with van der Waals surface area (Å²) in [5.41, 5.74) is 0.304. The first kappa shape index (κ1) is 21.0. The van der Waals surface area contributed by atoms with Crippen molar-refractivity contribution in [3.05, 3.63) is 41.0 Å². The summed E-state index contributed by atoms with van der Waals surface area (Å²) in [6.07, 6.45) is 1.30. The van der Waals surface area contributed by atoms with Crippen molar-refractivity contribution in [2.24, 2.45) is 5.92 Å². The molecule has 1 aromatic carbocycles. The van der Waals surface area contributed by atoms with Gasteiger partial charge in [0.05, 0.1) is 5.52 Å². The van der Waals surface area contributed by atoms with Crippen molar-refractivity contribution in [2.45, 2.75) is 45.8 Å². The van der Waals surface area contributed by atoms with E-state index in [1.165, 1.54) is 0 Å². The van der Waals surface area contributed by atoms with Gasteiger partial charge in [-0.1, -0.05) is 43.6 Å². The van der Waals surface area contributed by atoms with Crippen LogP contribution in [0, 0.1) is 5.92 Å². The number of hydrogen-bond acceptors (Lipinski definition) is 5. The monoisotopic (exact) mass is 417 g/mol. The van der Waals surface area contributed by atoms with E-state index in [1.807, 2.05) is 38.1 Å². The predicted molar refractivity (Wildman–Crippen MR) is 109 cm³/mol. The van der Waals surface area contributed by atoms with Gasteiger partial charge >= 0.3 is 12.0 Å². The summed E-state index contributed by atoms with van der Waals surface area (Å²) >= 11 is 6.17. The molecule has 0 aliphatic carbocycles. The van der Waals surface area contributed by atoms with Gasteiger partial charge in [-0.3, -0.25) is 14.5 Å². The van der Waals surface area contributed by atoms with E-state index < -0.39 is 30.0 Å². The average Bonchev–Trinajstić information content (AvgIpc) is 2.88. The Kier molecular flexibility index (Phi) is 6.07. The summed E-state index contributed by atoms with van der Waals surface area (Å²) in [6.45, 7) is 5.24. The highest BCUT2D eigenvalue weighted by Crippen LogP contribution is 2.25. The Balaban J connectivity index is 1.61. The minimum atomic E-state index is -0.993. The molecule has 0 radical (unpaired) electrons. The van der Waals surface area contributed by atoms with Gasteiger partial charge in [0.15, 0.2) is 0 Å². The Bertz CT molecular complexity index is 962. The summed E-state index contributed by atoms with van der Waals surface area (Å²) in [5.74, 6) is -0.702. The molecule has 1 N–H and O–H groups in total. The van der Waals surface area contributed by atoms with E-state index in [2.05, 4.69) is 10.3 Å². The Morgan fingerprint density at radius 1 is 1.31 bits per heavy atom. The first-order valence-corrected chi connectivity index (χ1v) is 9.91. The highest BCUT2D eigenvalue weighted by atomic mass is 35.5. The molecule has 1 aliphatic rings. The van der Waals surface area contributed by atoms with Crippen molar-refractivity contribution >= 4 is 40.4 Å². The molecule has 2 heterocycles. The van der Waals surface area contributed by atoms with Crippen molar-refractivity contribution in [2.75, 3.05) is 6.54 Å². The molecule has 3 rings (SSSR count). The van der Waals surface area contributed by atoms with Gasteiger partial charge in [-0.05, 0) is 37.8 Å². The van der Waals surface area contributed by atoms with Gasteiger partial charge in [0.25, 0.3) is 5.91 Å². The third-order valence-electron chi connectivity index (χ3n) is 4.99. The fourth-order valence-corrected chi connectivity index (χ4v) is 3.41. The SMILES string of the molecule is CC(C)CC[C@@]1(C)NC(=O)N(CC(=O)OCc2cc3ccccc3nc2Cl)C1=O. The average molecular weight is 418 g/mol. The maximum atomic E-state index is 12.7. The molecule has 3 amide bonds. The number of pyridine rings is 1. The Morgan fingerprint density at radius 2 is 2.03 bits per heavy atom. The number of fused-ring (bicyclic) bond motifs is 1. The van der Waals surface area contributed by atoms with Crippen molar-refractivity contribution in [1.82, 2.24) is 15.2 Å². The number of hydrogen-bond donors (Lipinski definition) is 1. The van der Waals surface area contributed by atoms with Gasteiger partial charge in [-0.15, -0.1) is 0 Å². The first-order chi connectivity index (χ1) is 13.7. The molecule has 8 heteroatoms. The lowest BCUT2D eigenvalue weighted by atomic mass is 9.92. The van der Waals surface area contributed by atoms with E-state index in [4.69, 9.17) is 16.3 Å². The van der Waals surface area contributed by atoms with Crippen LogP contribution in [0.1, 0.15) is 39.2 Å². The van der Waals surface area contributed by atoms with Crippen LogP contribution in [-0.2, 0) is 20.9 Å². The molecule has 1 atom stereocenters. The zero-order valence-electron chi connectivity index (χ0n) is 16.7. The van der Waals surface area contributed by atoms with Crippen LogP contribution in [-0.4, -0.2) is 39.9 Å². The molecule has 154 valence electrons. The number of esters is 1. The lowest BCUT2D eigenvalue weighted by molar-refractivity contribution is -0.148. The number of para-hydroxylation sites is 1. The molecule has 7 nitrogen and oxygen atoms in total. The number of benzene rings is 1. The van der Waals surface area contributed by atoms with Crippen LogP contribution in [0.2, 0.25) is 5.15 Å². The quantitative estimate of drug-likeness (QED) is 0.421. The molecular formula is C21H24ClN3O4. The molecule has 1 fully saturated rings. The van der Waals surface area contributed by atoms with E-state index in [-0.39, 0.29) is 11.8 Å². The van der Waals surface area contributed by atoms with Crippen LogP contribution in [0.3, 0.4) is 0 Å². The zero-order valence-corrected chi connectivity index (χ0v) is 17.5. The van der Waals surface area contributed by atoms with E-state index in [9.17, 15) is 14.4 Å². The molecule has 1 saturated heterocycles. The number of aromatic nitrogens is 1. The third-order valence-corrected chi connectivity index (χ3v) is 5.32. The largest absolute Gasteiger partial charge is 0.459 e. The number of carbonyl (C=O) groups excluding carboxylic acids is 3. The normalized spacial score (nSPS) is 19.1. The topological polar surface area (TPSA) is 88.6 Å². The lowest BCUT2D eigenvalue weighted by Crippen LogP contribution is -2.44. The Labute approximate surface area is 174 Å².